The Morgan fingerprint density at radius 3 is 2.52 bits per heavy atom. The predicted octanol–water partition coefficient (Wildman–Crippen LogP) is 5.56. The number of hydrogen-bond acceptors (Lipinski definition) is 3. The molecule has 0 aromatic heterocycles. The quantitative estimate of drug-likeness (QED) is 0.438. The molecule has 0 aliphatic carbocycles. The van der Waals surface area contributed by atoms with E-state index in [4.69, 9.17) is 13.0 Å². The van der Waals surface area contributed by atoms with Crippen molar-refractivity contribution in [1.29, 1.82) is 0 Å². The molecule has 0 saturated carbocycles. The van der Waals surface area contributed by atoms with Crippen LogP contribution in [0.25, 0.3) is 0 Å². The number of aliphatic imine (C=N–C) groups is 1. The first-order chi connectivity index (χ1) is 14.0. The van der Waals surface area contributed by atoms with Crippen LogP contribution < -0.4 is 5.32 Å². The minimum absolute atomic E-state index is 0.341. The maximum absolute atomic E-state index is 6.08. The van der Waals surface area contributed by atoms with E-state index in [1.165, 1.54) is 54.6 Å². The SMILES string of the molecule is CC.[B]N1CC/C(=C(/C)NC)C(=NC(C)C(CC)CCCCc2ccccc2)C1. The van der Waals surface area contributed by atoms with Gasteiger partial charge in [0.25, 0.3) is 0 Å². The van der Waals surface area contributed by atoms with Gasteiger partial charge in [-0.3, -0.25) is 4.99 Å². The van der Waals surface area contributed by atoms with Crippen molar-refractivity contribution in [3.8, 4) is 0 Å². The fraction of sp³-hybridized carbons (Fsp3) is 0.640. The first-order valence-corrected chi connectivity index (χ1v) is 11.5. The normalized spacial score (nSPS) is 19.9. The second-order valence-corrected chi connectivity index (χ2v) is 7.79. The Labute approximate surface area is 181 Å². The zero-order valence-corrected chi connectivity index (χ0v) is 19.7. The molecule has 160 valence electrons. The molecule has 1 aliphatic rings. The van der Waals surface area contributed by atoms with E-state index in [9.17, 15) is 0 Å². The molecule has 0 bridgehead atoms. The first kappa shape index (κ1) is 25.5. The summed E-state index contributed by atoms with van der Waals surface area (Å²) in [6, 6.07) is 11.1. The number of rotatable bonds is 9. The number of nitrogens with one attached hydrogen (secondary N) is 1. The van der Waals surface area contributed by atoms with Crippen molar-refractivity contribution < 1.29 is 0 Å². The highest BCUT2D eigenvalue weighted by Crippen LogP contribution is 2.23. The number of allylic oxidation sites excluding steroid dienone is 1. The lowest BCUT2D eigenvalue weighted by molar-refractivity contribution is 0.385. The van der Waals surface area contributed by atoms with E-state index in [1.54, 1.807) is 0 Å². The van der Waals surface area contributed by atoms with Crippen LogP contribution in [0, 0.1) is 5.92 Å². The summed E-state index contributed by atoms with van der Waals surface area (Å²) in [5.41, 5.74) is 5.20. The smallest absolute Gasteiger partial charge is 0.183 e. The van der Waals surface area contributed by atoms with Gasteiger partial charge in [0.15, 0.2) is 7.98 Å². The van der Waals surface area contributed by atoms with Gasteiger partial charge in [0.1, 0.15) is 0 Å². The van der Waals surface area contributed by atoms with Crippen molar-refractivity contribution in [3.05, 3.63) is 47.2 Å². The van der Waals surface area contributed by atoms with E-state index in [1.807, 2.05) is 25.7 Å². The Morgan fingerprint density at radius 1 is 1.21 bits per heavy atom. The van der Waals surface area contributed by atoms with Crippen LogP contribution in [0.1, 0.15) is 72.3 Å². The zero-order valence-electron chi connectivity index (χ0n) is 19.7. The number of nitrogens with zero attached hydrogens (tertiary/aromatic N) is 2. The lowest BCUT2D eigenvalue weighted by Crippen LogP contribution is -2.37. The van der Waals surface area contributed by atoms with Gasteiger partial charge in [-0.15, -0.1) is 0 Å². The van der Waals surface area contributed by atoms with E-state index in [0.717, 1.165) is 19.5 Å². The minimum atomic E-state index is 0.341. The molecule has 1 heterocycles. The Hall–Kier alpha value is -1.55. The third kappa shape index (κ3) is 8.78. The Kier molecular flexibility index (Phi) is 12.7. The highest BCUT2D eigenvalue weighted by atomic mass is 15.1. The van der Waals surface area contributed by atoms with Crippen molar-refractivity contribution in [3.63, 3.8) is 0 Å². The van der Waals surface area contributed by atoms with Gasteiger partial charge in [-0.2, -0.15) is 0 Å². The van der Waals surface area contributed by atoms with Crippen molar-refractivity contribution in [2.45, 2.75) is 79.2 Å². The lowest BCUT2D eigenvalue weighted by atomic mass is 9.90. The van der Waals surface area contributed by atoms with Crippen molar-refractivity contribution in [2.24, 2.45) is 10.9 Å². The van der Waals surface area contributed by atoms with E-state index in [-0.39, 0.29) is 0 Å². The number of aryl methyl sites for hydroxylation is 1. The van der Waals surface area contributed by atoms with Gasteiger partial charge in [0, 0.05) is 19.3 Å². The molecule has 2 radical (unpaired) electrons. The van der Waals surface area contributed by atoms with Gasteiger partial charge in [-0.05, 0) is 63.1 Å². The molecule has 1 fully saturated rings. The molecule has 1 N–H and O–H groups in total. The molecule has 0 amide bonds. The summed E-state index contributed by atoms with van der Waals surface area (Å²) in [7, 11) is 8.06. The number of hydrogen-bond donors (Lipinski definition) is 1. The summed E-state index contributed by atoms with van der Waals surface area (Å²) in [6.45, 7) is 12.4. The molecule has 29 heavy (non-hydrogen) atoms. The Balaban J connectivity index is 0.00000204. The van der Waals surface area contributed by atoms with Crippen LogP contribution in [0.2, 0.25) is 0 Å². The minimum Gasteiger partial charge on any atom is -0.391 e. The standard InChI is InChI=1S/C23H36BN3.C2H6/c1-5-21(14-10-9-13-20-11-7-6-8-12-20)18(2)26-23-17-27(24)16-15-22(23)19(3)25-4;1-2/h6-8,11-12,18,21,25H,5,9-10,13-17H2,1-4H3;1-2H3/b22-19+,26-23?;. The Morgan fingerprint density at radius 2 is 1.90 bits per heavy atom. The van der Waals surface area contributed by atoms with E-state index < -0.39 is 0 Å². The fourth-order valence-corrected chi connectivity index (χ4v) is 3.96. The van der Waals surface area contributed by atoms with E-state index in [2.05, 4.69) is 56.4 Å². The third-order valence-corrected chi connectivity index (χ3v) is 5.88. The molecule has 0 spiro atoms. The van der Waals surface area contributed by atoms with Gasteiger partial charge < -0.3 is 10.1 Å². The largest absolute Gasteiger partial charge is 0.391 e. The second-order valence-electron chi connectivity index (χ2n) is 7.79. The maximum atomic E-state index is 6.08. The fourth-order valence-electron chi connectivity index (χ4n) is 3.96. The molecule has 2 atom stereocenters. The summed E-state index contributed by atoms with van der Waals surface area (Å²) in [5, 5.41) is 3.29. The third-order valence-electron chi connectivity index (χ3n) is 5.88. The molecule has 1 saturated heterocycles. The van der Waals surface area contributed by atoms with Gasteiger partial charge in [-0.25, -0.2) is 0 Å². The highest BCUT2D eigenvalue weighted by molar-refractivity contribution is 6.11. The highest BCUT2D eigenvalue weighted by Gasteiger charge is 2.21. The van der Waals surface area contributed by atoms with Crippen LogP contribution in [-0.4, -0.2) is 44.7 Å². The monoisotopic (exact) mass is 395 g/mol. The van der Waals surface area contributed by atoms with Gasteiger partial charge >= 0.3 is 0 Å². The van der Waals surface area contributed by atoms with Crippen LogP contribution in [0.3, 0.4) is 0 Å². The summed E-state index contributed by atoms with van der Waals surface area (Å²) >= 11 is 0. The molecule has 2 unspecified atom stereocenters. The van der Waals surface area contributed by atoms with Crippen molar-refractivity contribution in [2.75, 3.05) is 20.1 Å². The Bertz CT molecular complexity index is 624. The van der Waals surface area contributed by atoms with Gasteiger partial charge in [0.2, 0.25) is 0 Å². The predicted molar refractivity (Wildman–Crippen MR) is 130 cm³/mol. The van der Waals surface area contributed by atoms with Crippen LogP contribution in [0.15, 0.2) is 46.6 Å². The molecule has 1 aromatic rings. The molecule has 4 heteroatoms. The van der Waals surface area contributed by atoms with Gasteiger partial charge in [0.05, 0.1) is 11.8 Å². The molecule has 1 aromatic carbocycles. The topological polar surface area (TPSA) is 27.6 Å². The number of unbranched alkanes of at least 4 members (excludes halogenated alkanes) is 1. The number of benzene rings is 1. The van der Waals surface area contributed by atoms with Crippen LogP contribution in [-0.2, 0) is 6.42 Å². The molecular formula is C25H42BN3. The van der Waals surface area contributed by atoms with Crippen molar-refractivity contribution in [1.82, 2.24) is 10.1 Å². The first-order valence-electron chi connectivity index (χ1n) is 11.5. The number of piperidine rings is 1. The summed E-state index contributed by atoms with van der Waals surface area (Å²) in [5.74, 6) is 0.637. The van der Waals surface area contributed by atoms with Crippen LogP contribution in [0.4, 0.5) is 0 Å². The average molecular weight is 395 g/mol. The summed E-state index contributed by atoms with van der Waals surface area (Å²) in [6.07, 6.45) is 7.10. The van der Waals surface area contributed by atoms with E-state index in [0.29, 0.717) is 12.0 Å². The molecular weight excluding hydrogens is 353 g/mol. The maximum Gasteiger partial charge on any atom is 0.183 e. The van der Waals surface area contributed by atoms with Crippen LogP contribution in [0.5, 0.6) is 0 Å². The molecule has 3 nitrogen and oxygen atoms in total. The average Bonchev–Trinajstić information content (AvgIpc) is 2.75. The molecule has 2 rings (SSSR count). The lowest BCUT2D eigenvalue weighted by Gasteiger charge is -2.30. The van der Waals surface area contributed by atoms with E-state index >= 15 is 0 Å². The second kappa shape index (κ2) is 14.4. The van der Waals surface area contributed by atoms with Crippen LogP contribution >= 0.6 is 0 Å². The summed E-state index contributed by atoms with van der Waals surface area (Å²) in [4.78, 5) is 7.03. The zero-order chi connectivity index (χ0) is 21.6. The molecule has 1 aliphatic heterocycles. The van der Waals surface area contributed by atoms with Gasteiger partial charge in [-0.1, -0.05) is 63.9 Å². The summed E-state index contributed by atoms with van der Waals surface area (Å²) < 4.78 is 0. The van der Waals surface area contributed by atoms with Crippen molar-refractivity contribution >= 4 is 13.7 Å².